The highest BCUT2D eigenvalue weighted by atomic mass is 32.2. The fourth-order valence-electron chi connectivity index (χ4n) is 6.84. The normalized spacial score (nSPS) is 33.9. The van der Waals surface area contributed by atoms with Crippen LogP contribution in [0.2, 0.25) is 0 Å². The number of nitrogens with one attached hydrogen (secondary N) is 1. The molecule has 5 aliphatic rings. The molecule has 1 aromatic rings. The Balaban J connectivity index is 1.20. The van der Waals surface area contributed by atoms with Crippen LogP contribution >= 0.6 is 0 Å². The fraction of sp³-hybridized carbons (Fsp3) is 0.652. The number of piperidine rings is 1. The van der Waals surface area contributed by atoms with E-state index in [0.717, 1.165) is 37.0 Å². The van der Waals surface area contributed by atoms with Crippen LogP contribution in [0.1, 0.15) is 56.9 Å². The largest absolute Gasteiger partial charge is 0.350 e. The zero-order valence-corrected chi connectivity index (χ0v) is 18.0. The average molecular weight is 428 g/mol. The Bertz CT molecular complexity index is 937. The number of sulfonamides is 1. The molecule has 0 atom stereocenters. The van der Waals surface area contributed by atoms with Crippen LogP contribution in [0.5, 0.6) is 0 Å². The maximum absolute atomic E-state index is 13.1. The van der Waals surface area contributed by atoms with E-state index < -0.39 is 10.0 Å². The van der Waals surface area contributed by atoms with Crippen LogP contribution in [0.25, 0.3) is 0 Å². The summed E-state index contributed by atoms with van der Waals surface area (Å²) in [6.45, 7) is 0.725. The highest BCUT2D eigenvalue weighted by Gasteiger charge is 2.52. The molecule has 0 aromatic heterocycles. The number of hydrogen-bond acceptors (Lipinski definition) is 4. The predicted molar refractivity (Wildman–Crippen MR) is 112 cm³/mol. The first-order valence-corrected chi connectivity index (χ1v) is 12.6. The van der Waals surface area contributed by atoms with Crippen LogP contribution < -0.4 is 5.32 Å². The summed E-state index contributed by atoms with van der Waals surface area (Å²) in [6, 6.07) is 8.03. The van der Waals surface area contributed by atoms with Crippen LogP contribution in [-0.4, -0.2) is 37.3 Å². The lowest BCUT2D eigenvalue weighted by Crippen LogP contribution is -2.61. The molecule has 6 nitrogen and oxygen atoms in total. The molecule has 1 amide bonds. The van der Waals surface area contributed by atoms with Crippen molar-refractivity contribution in [3.8, 4) is 6.07 Å². The molecule has 4 aliphatic carbocycles. The minimum absolute atomic E-state index is 0.0114. The molecular formula is C23H29N3O3S. The molecule has 0 unspecified atom stereocenters. The van der Waals surface area contributed by atoms with Crippen LogP contribution in [-0.2, 0) is 14.8 Å². The lowest BCUT2D eigenvalue weighted by Gasteiger charge is -2.57. The van der Waals surface area contributed by atoms with Gasteiger partial charge in [-0.05, 0) is 93.4 Å². The molecule has 5 fully saturated rings. The van der Waals surface area contributed by atoms with Crippen LogP contribution in [0.15, 0.2) is 29.2 Å². The summed E-state index contributed by atoms with van der Waals surface area (Å²) in [6.07, 6.45) is 8.58. The number of benzene rings is 1. The minimum atomic E-state index is -3.59. The first kappa shape index (κ1) is 20.0. The van der Waals surface area contributed by atoms with Crippen molar-refractivity contribution in [2.75, 3.05) is 13.1 Å². The molecule has 1 N–H and O–H groups in total. The third-order valence-corrected chi connectivity index (χ3v) is 9.79. The van der Waals surface area contributed by atoms with Crippen LogP contribution in [0, 0.1) is 35.0 Å². The van der Waals surface area contributed by atoms with Gasteiger partial charge in [0.15, 0.2) is 0 Å². The summed E-state index contributed by atoms with van der Waals surface area (Å²) in [5, 5.41) is 12.4. The number of carbonyl (C=O) groups is 1. The summed E-state index contributed by atoms with van der Waals surface area (Å²) in [7, 11) is -3.59. The molecule has 1 aromatic carbocycles. The van der Waals surface area contributed by atoms with Gasteiger partial charge in [-0.1, -0.05) is 0 Å². The Morgan fingerprint density at radius 1 is 1.00 bits per heavy atom. The number of rotatable bonds is 4. The van der Waals surface area contributed by atoms with Crippen LogP contribution in [0.3, 0.4) is 0 Å². The van der Waals surface area contributed by atoms with E-state index in [1.165, 1.54) is 47.8 Å². The fourth-order valence-corrected chi connectivity index (χ4v) is 8.31. The highest BCUT2D eigenvalue weighted by molar-refractivity contribution is 7.89. The Morgan fingerprint density at radius 3 is 2.03 bits per heavy atom. The van der Waals surface area contributed by atoms with Crippen molar-refractivity contribution in [3.63, 3.8) is 0 Å². The second-order valence-corrected chi connectivity index (χ2v) is 11.9. The number of carbonyl (C=O) groups excluding carboxylic acids is 1. The monoisotopic (exact) mass is 427 g/mol. The minimum Gasteiger partial charge on any atom is -0.350 e. The second-order valence-electron chi connectivity index (χ2n) is 10.0. The number of hydrogen-bond donors (Lipinski definition) is 1. The van der Waals surface area contributed by atoms with Gasteiger partial charge in [0, 0.05) is 24.5 Å². The van der Waals surface area contributed by atoms with E-state index in [9.17, 15) is 13.2 Å². The van der Waals surface area contributed by atoms with Gasteiger partial charge in [0.1, 0.15) is 0 Å². The molecule has 30 heavy (non-hydrogen) atoms. The number of amides is 1. The van der Waals surface area contributed by atoms with Crippen molar-refractivity contribution in [2.45, 2.75) is 61.8 Å². The first-order valence-electron chi connectivity index (χ1n) is 11.2. The Hall–Kier alpha value is -1.91. The second kappa shape index (κ2) is 7.35. The van der Waals surface area contributed by atoms with E-state index in [2.05, 4.69) is 5.32 Å². The molecule has 160 valence electrons. The van der Waals surface area contributed by atoms with Crippen molar-refractivity contribution >= 4 is 15.9 Å². The number of nitriles is 1. The van der Waals surface area contributed by atoms with Crippen molar-refractivity contribution < 1.29 is 13.2 Å². The highest BCUT2D eigenvalue weighted by Crippen LogP contribution is 2.55. The van der Waals surface area contributed by atoms with E-state index in [1.807, 2.05) is 6.07 Å². The SMILES string of the molecule is N#Cc1ccc(S(=O)(=O)N2CCC(C(=O)NC34CC5CC(CC(C5)C3)C4)CC2)cc1. The third kappa shape index (κ3) is 3.54. The maximum atomic E-state index is 13.1. The Labute approximate surface area is 178 Å². The van der Waals surface area contributed by atoms with E-state index in [4.69, 9.17) is 5.26 Å². The van der Waals surface area contributed by atoms with Crippen molar-refractivity contribution in [3.05, 3.63) is 29.8 Å². The maximum Gasteiger partial charge on any atom is 0.243 e. The molecule has 7 heteroatoms. The van der Waals surface area contributed by atoms with E-state index in [-0.39, 0.29) is 22.3 Å². The van der Waals surface area contributed by atoms with Gasteiger partial charge >= 0.3 is 0 Å². The van der Waals surface area contributed by atoms with Gasteiger partial charge in [-0.25, -0.2) is 8.42 Å². The van der Waals surface area contributed by atoms with Crippen molar-refractivity contribution in [1.82, 2.24) is 9.62 Å². The third-order valence-electron chi connectivity index (χ3n) is 7.87. The van der Waals surface area contributed by atoms with E-state index in [0.29, 0.717) is 31.5 Å². The smallest absolute Gasteiger partial charge is 0.243 e. The summed E-state index contributed by atoms with van der Waals surface area (Å²) in [5.74, 6) is 2.39. The average Bonchev–Trinajstić information content (AvgIpc) is 2.72. The number of nitrogens with zero attached hydrogens (tertiary/aromatic N) is 2. The van der Waals surface area contributed by atoms with Crippen LogP contribution in [0.4, 0.5) is 0 Å². The lowest BCUT2D eigenvalue weighted by molar-refractivity contribution is -0.132. The first-order chi connectivity index (χ1) is 14.4. The van der Waals surface area contributed by atoms with Gasteiger partial charge in [-0.2, -0.15) is 9.57 Å². The predicted octanol–water partition coefficient (Wildman–Crippen LogP) is 3.04. The summed E-state index contributed by atoms with van der Waals surface area (Å²) >= 11 is 0. The zero-order chi connectivity index (χ0) is 20.9. The van der Waals surface area contributed by atoms with E-state index in [1.54, 1.807) is 0 Å². The van der Waals surface area contributed by atoms with Gasteiger partial charge in [-0.15, -0.1) is 0 Å². The van der Waals surface area contributed by atoms with Gasteiger partial charge in [-0.3, -0.25) is 4.79 Å². The molecule has 1 aliphatic heterocycles. The van der Waals surface area contributed by atoms with Crippen molar-refractivity contribution in [1.29, 1.82) is 5.26 Å². The summed E-state index contributed by atoms with van der Waals surface area (Å²) in [5.41, 5.74) is 0.450. The summed E-state index contributed by atoms with van der Waals surface area (Å²) < 4.78 is 27.3. The summed E-state index contributed by atoms with van der Waals surface area (Å²) in [4.78, 5) is 13.3. The van der Waals surface area contributed by atoms with Crippen molar-refractivity contribution in [2.24, 2.45) is 23.7 Å². The van der Waals surface area contributed by atoms with Gasteiger partial charge < -0.3 is 5.32 Å². The standard InChI is InChI=1S/C23H29N3O3S/c24-15-16-1-3-21(4-2-16)30(28,29)26-7-5-20(6-8-26)22(27)25-23-12-17-9-18(13-23)11-19(10-17)14-23/h1-4,17-20H,5-14H2,(H,25,27). The molecule has 0 spiro atoms. The topological polar surface area (TPSA) is 90.3 Å². The molecule has 6 rings (SSSR count). The molecule has 4 bridgehead atoms. The Kier molecular flexibility index (Phi) is 4.90. The lowest BCUT2D eigenvalue weighted by atomic mass is 9.53. The molecule has 0 radical (unpaired) electrons. The quantitative estimate of drug-likeness (QED) is 0.800. The molecule has 1 saturated heterocycles. The van der Waals surface area contributed by atoms with Gasteiger partial charge in [0.05, 0.1) is 16.5 Å². The van der Waals surface area contributed by atoms with E-state index >= 15 is 0 Å². The molecule has 4 saturated carbocycles. The molecular weight excluding hydrogens is 398 g/mol. The van der Waals surface area contributed by atoms with Gasteiger partial charge in [0.25, 0.3) is 0 Å². The Morgan fingerprint density at radius 2 is 1.53 bits per heavy atom. The zero-order valence-electron chi connectivity index (χ0n) is 17.2. The van der Waals surface area contributed by atoms with Gasteiger partial charge in [0.2, 0.25) is 15.9 Å². The molecule has 1 heterocycles.